The number of nitrogens with zero attached hydrogens (tertiary/aromatic N) is 1. The van der Waals surface area contributed by atoms with Gasteiger partial charge in [-0.25, -0.2) is 0 Å². The van der Waals surface area contributed by atoms with E-state index in [0.29, 0.717) is 45.9 Å². The normalized spacial score (nSPS) is 12.7. The molecule has 1 heterocycles. The van der Waals surface area contributed by atoms with E-state index in [9.17, 15) is 9.59 Å². The molecule has 0 bridgehead atoms. The van der Waals surface area contributed by atoms with E-state index in [-0.39, 0.29) is 25.0 Å². The monoisotopic (exact) mass is 470 g/mol. The summed E-state index contributed by atoms with van der Waals surface area (Å²) in [7, 11) is 0. The number of benzene rings is 3. The van der Waals surface area contributed by atoms with E-state index in [1.54, 1.807) is 41.3 Å². The topological polar surface area (TPSA) is 67.9 Å². The fourth-order valence-corrected chi connectivity index (χ4v) is 3.81. The third-order valence-corrected chi connectivity index (χ3v) is 5.44. The highest BCUT2D eigenvalue weighted by atomic mass is 35.5. The third-order valence-electron chi connectivity index (χ3n) is 4.91. The molecule has 8 heteroatoms. The predicted molar refractivity (Wildman–Crippen MR) is 125 cm³/mol. The molecule has 0 radical (unpaired) electrons. The van der Waals surface area contributed by atoms with Crippen molar-refractivity contribution in [2.45, 2.75) is 6.42 Å². The summed E-state index contributed by atoms with van der Waals surface area (Å²) in [6.07, 6.45) is 0.707. The Labute approximate surface area is 195 Å². The van der Waals surface area contributed by atoms with Gasteiger partial charge in [0.1, 0.15) is 11.5 Å². The van der Waals surface area contributed by atoms with Gasteiger partial charge in [0.25, 0.3) is 11.8 Å². The maximum absolute atomic E-state index is 12.5. The number of hydrogen-bond acceptors (Lipinski definition) is 4. The molecular formula is C24H20Cl2N2O4. The van der Waals surface area contributed by atoms with E-state index in [0.717, 1.165) is 5.56 Å². The lowest BCUT2D eigenvalue weighted by Crippen LogP contribution is -2.40. The summed E-state index contributed by atoms with van der Waals surface area (Å²) in [6, 6.07) is 19.9. The number of nitrogens with one attached hydrogen (secondary N) is 1. The molecule has 164 valence electrons. The van der Waals surface area contributed by atoms with Crippen LogP contribution in [0.3, 0.4) is 0 Å². The first-order chi connectivity index (χ1) is 15.5. The highest BCUT2D eigenvalue weighted by molar-refractivity contribution is 6.35. The summed E-state index contributed by atoms with van der Waals surface area (Å²) in [4.78, 5) is 26.6. The molecule has 0 fully saturated rings. The van der Waals surface area contributed by atoms with Crippen LogP contribution in [0.25, 0.3) is 0 Å². The van der Waals surface area contributed by atoms with Crippen molar-refractivity contribution >= 4 is 46.4 Å². The van der Waals surface area contributed by atoms with Crippen LogP contribution in [-0.4, -0.2) is 31.6 Å². The lowest BCUT2D eigenvalue weighted by atomic mass is 10.1. The minimum Gasteiger partial charge on any atom is -0.482 e. The standard InChI is InChI=1S/C24H20Cl2N2O4/c25-17-6-8-21(19(26)12-17)31-14-23(29)27-18-7-9-22-20(13-18)28(24(30)15-32-22)11-10-16-4-2-1-3-5-16/h1-9,12-13H,10-11,14-15H2,(H,27,29). The minimum absolute atomic E-state index is 0.0107. The number of amides is 2. The van der Waals surface area contributed by atoms with Crippen molar-refractivity contribution in [3.63, 3.8) is 0 Å². The number of anilines is 2. The number of halogens is 2. The molecule has 0 saturated carbocycles. The average molecular weight is 471 g/mol. The van der Waals surface area contributed by atoms with Gasteiger partial charge >= 0.3 is 0 Å². The van der Waals surface area contributed by atoms with Gasteiger partial charge in [0.15, 0.2) is 13.2 Å². The maximum atomic E-state index is 12.5. The fraction of sp³-hybridized carbons (Fsp3) is 0.167. The van der Waals surface area contributed by atoms with Crippen molar-refractivity contribution in [2.75, 3.05) is 30.0 Å². The zero-order valence-electron chi connectivity index (χ0n) is 17.0. The Hall–Kier alpha value is -3.22. The number of carbonyl (C=O) groups excluding carboxylic acids is 2. The molecule has 1 aliphatic heterocycles. The highest BCUT2D eigenvalue weighted by Crippen LogP contribution is 2.35. The smallest absolute Gasteiger partial charge is 0.265 e. The largest absolute Gasteiger partial charge is 0.482 e. The second-order valence-electron chi connectivity index (χ2n) is 7.16. The number of hydrogen-bond donors (Lipinski definition) is 1. The summed E-state index contributed by atoms with van der Waals surface area (Å²) in [5.74, 6) is 0.468. The summed E-state index contributed by atoms with van der Waals surface area (Å²) < 4.78 is 11.0. The van der Waals surface area contributed by atoms with Crippen molar-refractivity contribution in [1.29, 1.82) is 0 Å². The van der Waals surface area contributed by atoms with Gasteiger partial charge in [0, 0.05) is 17.3 Å². The van der Waals surface area contributed by atoms with Gasteiger partial charge in [-0.05, 0) is 48.4 Å². The van der Waals surface area contributed by atoms with E-state index in [1.165, 1.54) is 0 Å². The zero-order valence-corrected chi connectivity index (χ0v) is 18.5. The quantitative estimate of drug-likeness (QED) is 0.528. The summed E-state index contributed by atoms with van der Waals surface area (Å²) in [5, 5.41) is 3.58. The Kier molecular flexibility index (Phi) is 6.83. The Morgan fingerprint density at radius 1 is 1.06 bits per heavy atom. The molecule has 0 atom stereocenters. The Balaban J connectivity index is 1.42. The van der Waals surface area contributed by atoms with Gasteiger partial charge in [0.05, 0.1) is 10.7 Å². The summed E-state index contributed by atoms with van der Waals surface area (Å²) in [5.41, 5.74) is 2.29. The van der Waals surface area contributed by atoms with Crippen molar-refractivity contribution in [3.8, 4) is 11.5 Å². The van der Waals surface area contributed by atoms with Gasteiger partial charge in [-0.2, -0.15) is 0 Å². The Morgan fingerprint density at radius 2 is 1.88 bits per heavy atom. The number of rotatable bonds is 7. The van der Waals surface area contributed by atoms with Gasteiger partial charge in [0.2, 0.25) is 0 Å². The lowest BCUT2D eigenvalue weighted by molar-refractivity contribution is -0.121. The van der Waals surface area contributed by atoms with Crippen molar-refractivity contribution in [3.05, 3.63) is 82.3 Å². The van der Waals surface area contributed by atoms with Crippen LogP contribution in [-0.2, 0) is 16.0 Å². The van der Waals surface area contributed by atoms with Crippen molar-refractivity contribution in [1.82, 2.24) is 0 Å². The second kappa shape index (κ2) is 9.94. The van der Waals surface area contributed by atoms with Crippen molar-refractivity contribution in [2.24, 2.45) is 0 Å². The highest BCUT2D eigenvalue weighted by Gasteiger charge is 2.25. The zero-order chi connectivity index (χ0) is 22.5. The van der Waals surface area contributed by atoms with Gasteiger partial charge in [-0.3, -0.25) is 9.59 Å². The molecular weight excluding hydrogens is 451 g/mol. The van der Waals surface area contributed by atoms with Gasteiger partial charge in [-0.1, -0.05) is 53.5 Å². The van der Waals surface area contributed by atoms with Crippen LogP contribution in [0, 0.1) is 0 Å². The van der Waals surface area contributed by atoms with Crippen LogP contribution in [0.15, 0.2) is 66.7 Å². The first kappa shape index (κ1) is 22.0. The van der Waals surface area contributed by atoms with E-state index in [1.807, 2.05) is 30.3 Å². The molecule has 0 saturated heterocycles. The summed E-state index contributed by atoms with van der Waals surface area (Å²) >= 11 is 11.9. The molecule has 0 aliphatic carbocycles. The van der Waals surface area contributed by atoms with Crippen LogP contribution in [0.1, 0.15) is 5.56 Å². The number of ether oxygens (including phenoxy) is 2. The molecule has 4 rings (SSSR count). The molecule has 32 heavy (non-hydrogen) atoms. The molecule has 6 nitrogen and oxygen atoms in total. The third kappa shape index (κ3) is 5.33. The van der Waals surface area contributed by atoms with E-state index >= 15 is 0 Å². The average Bonchev–Trinajstić information content (AvgIpc) is 2.78. The minimum atomic E-state index is -0.366. The molecule has 3 aromatic carbocycles. The Morgan fingerprint density at radius 3 is 2.66 bits per heavy atom. The number of carbonyl (C=O) groups is 2. The van der Waals surface area contributed by atoms with Crippen molar-refractivity contribution < 1.29 is 19.1 Å². The molecule has 1 aliphatic rings. The van der Waals surface area contributed by atoms with E-state index in [2.05, 4.69) is 5.32 Å². The van der Waals surface area contributed by atoms with Gasteiger partial charge in [-0.15, -0.1) is 0 Å². The van der Waals surface area contributed by atoms with Crippen LogP contribution in [0.2, 0.25) is 10.0 Å². The molecule has 0 aromatic heterocycles. The molecule has 0 spiro atoms. The first-order valence-electron chi connectivity index (χ1n) is 9.98. The second-order valence-corrected chi connectivity index (χ2v) is 8.01. The SMILES string of the molecule is O=C(COc1ccc(Cl)cc1Cl)Nc1ccc2c(c1)N(CCc1ccccc1)C(=O)CO2. The molecule has 2 amide bonds. The summed E-state index contributed by atoms with van der Waals surface area (Å²) in [6.45, 7) is 0.267. The fourth-order valence-electron chi connectivity index (χ4n) is 3.34. The molecule has 1 N–H and O–H groups in total. The predicted octanol–water partition coefficient (Wildman–Crippen LogP) is 4.98. The van der Waals surface area contributed by atoms with Crippen LogP contribution in [0.4, 0.5) is 11.4 Å². The molecule has 3 aromatic rings. The Bertz CT molecular complexity index is 1140. The first-order valence-corrected chi connectivity index (χ1v) is 10.7. The van der Waals surface area contributed by atoms with E-state index < -0.39 is 0 Å². The van der Waals surface area contributed by atoms with E-state index in [4.69, 9.17) is 32.7 Å². The lowest BCUT2D eigenvalue weighted by Gasteiger charge is -2.30. The van der Waals surface area contributed by atoms with Crippen LogP contribution < -0.4 is 19.7 Å². The maximum Gasteiger partial charge on any atom is 0.265 e. The van der Waals surface area contributed by atoms with Gasteiger partial charge < -0.3 is 19.7 Å². The van der Waals surface area contributed by atoms with Crippen LogP contribution >= 0.6 is 23.2 Å². The molecule has 0 unspecified atom stereocenters. The number of fused-ring (bicyclic) bond motifs is 1. The van der Waals surface area contributed by atoms with Crippen LogP contribution in [0.5, 0.6) is 11.5 Å².